The van der Waals surface area contributed by atoms with Crippen molar-refractivity contribution in [3.63, 3.8) is 0 Å². The summed E-state index contributed by atoms with van der Waals surface area (Å²) in [6, 6.07) is 19.5. The molecule has 150 valence electrons. The van der Waals surface area contributed by atoms with Gasteiger partial charge in [-0.05, 0) is 92.7 Å². The molecule has 6 heteroatoms. The predicted molar refractivity (Wildman–Crippen MR) is 126 cm³/mol. The van der Waals surface area contributed by atoms with Crippen molar-refractivity contribution in [2.24, 2.45) is 0 Å². The number of aryl methyl sites for hydroxylation is 1. The summed E-state index contributed by atoms with van der Waals surface area (Å²) in [6.45, 7) is 4.82. The molecule has 0 saturated carbocycles. The van der Waals surface area contributed by atoms with Gasteiger partial charge in [0.15, 0.2) is 6.61 Å². The van der Waals surface area contributed by atoms with Crippen LogP contribution in [-0.2, 0) is 11.3 Å². The van der Waals surface area contributed by atoms with E-state index in [1.807, 2.05) is 48.5 Å². The Kier molecular flexibility index (Phi) is 7.34. The van der Waals surface area contributed by atoms with Crippen molar-refractivity contribution in [3.8, 4) is 5.75 Å². The number of nitrogens with one attached hydrogen (secondary N) is 2. The van der Waals surface area contributed by atoms with E-state index in [4.69, 9.17) is 4.74 Å². The van der Waals surface area contributed by atoms with Crippen molar-refractivity contribution < 1.29 is 9.53 Å². The monoisotopic (exact) mass is 516 g/mol. The fraction of sp³-hybridized carbons (Fsp3) is 0.174. The first-order chi connectivity index (χ1) is 13.9. The minimum atomic E-state index is -0.212. The third kappa shape index (κ3) is 5.84. The molecule has 0 atom stereocenters. The smallest absolute Gasteiger partial charge is 0.262 e. The molecule has 3 rings (SSSR count). The highest BCUT2D eigenvalue weighted by Gasteiger charge is 2.12. The second-order valence-electron chi connectivity index (χ2n) is 6.69. The van der Waals surface area contributed by atoms with Gasteiger partial charge in [0.25, 0.3) is 5.91 Å². The lowest BCUT2D eigenvalue weighted by atomic mass is 10.1. The van der Waals surface area contributed by atoms with Crippen LogP contribution in [0, 0.1) is 13.8 Å². The second kappa shape index (κ2) is 9.94. The molecule has 0 radical (unpaired) electrons. The summed E-state index contributed by atoms with van der Waals surface area (Å²) in [7, 11) is 0. The number of para-hydroxylation sites is 1. The molecule has 1 amide bonds. The second-order valence-corrected chi connectivity index (χ2v) is 8.40. The number of rotatable bonds is 7. The molecular weight excluding hydrogens is 496 g/mol. The average molecular weight is 518 g/mol. The maximum Gasteiger partial charge on any atom is 0.262 e. The quantitative estimate of drug-likeness (QED) is 0.378. The molecule has 3 aromatic rings. The molecule has 0 saturated heterocycles. The number of benzene rings is 3. The first kappa shape index (κ1) is 21.4. The zero-order valence-electron chi connectivity index (χ0n) is 16.3. The Hall–Kier alpha value is -2.31. The maximum absolute atomic E-state index is 12.1. The highest BCUT2D eigenvalue weighted by molar-refractivity contribution is 9.11. The van der Waals surface area contributed by atoms with Gasteiger partial charge in [0.2, 0.25) is 0 Å². The van der Waals surface area contributed by atoms with Crippen LogP contribution in [0.1, 0.15) is 16.7 Å². The SMILES string of the molecule is Cc1cccc(NCc2cc(Br)c(OCC(=O)Nc3ccccc3)c(Br)c2)c1C. The molecule has 3 aromatic carbocycles. The van der Waals surface area contributed by atoms with Crippen LogP contribution in [0.25, 0.3) is 0 Å². The van der Waals surface area contributed by atoms with E-state index >= 15 is 0 Å². The Labute approximate surface area is 187 Å². The number of carbonyl (C=O) groups excluding carboxylic acids is 1. The molecule has 0 spiro atoms. The van der Waals surface area contributed by atoms with Gasteiger partial charge in [-0.2, -0.15) is 0 Å². The molecule has 0 unspecified atom stereocenters. The van der Waals surface area contributed by atoms with E-state index in [9.17, 15) is 4.79 Å². The van der Waals surface area contributed by atoms with Crippen molar-refractivity contribution in [1.29, 1.82) is 0 Å². The lowest BCUT2D eigenvalue weighted by Crippen LogP contribution is -2.20. The summed E-state index contributed by atoms with van der Waals surface area (Å²) < 4.78 is 7.31. The number of carbonyl (C=O) groups is 1. The Morgan fingerprint density at radius 3 is 2.34 bits per heavy atom. The minimum absolute atomic E-state index is 0.0772. The van der Waals surface area contributed by atoms with E-state index in [1.54, 1.807) is 0 Å². The van der Waals surface area contributed by atoms with E-state index in [1.165, 1.54) is 11.1 Å². The summed E-state index contributed by atoms with van der Waals surface area (Å²) in [5.41, 5.74) is 5.46. The van der Waals surface area contributed by atoms with Gasteiger partial charge in [0.05, 0.1) is 8.95 Å². The standard InChI is InChI=1S/C23H22Br2N2O2/c1-15-7-6-10-21(16(15)2)26-13-17-11-19(24)23(20(25)12-17)29-14-22(28)27-18-8-4-3-5-9-18/h3-12,26H,13-14H2,1-2H3,(H,27,28). The lowest BCUT2D eigenvalue weighted by Gasteiger charge is -2.14. The average Bonchev–Trinajstić information content (AvgIpc) is 2.69. The number of halogens is 2. The van der Waals surface area contributed by atoms with Gasteiger partial charge in [-0.3, -0.25) is 4.79 Å². The van der Waals surface area contributed by atoms with Crippen LogP contribution in [0.15, 0.2) is 69.6 Å². The molecular formula is C23H22Br2N2O2. The third-order valence-electron chi connectivity index (χ3n) is 4.55. The number of anilines is 2. The molecule has 2 N–H and O–H groups in total. The van der Waals surface area contributed by atoms with Gasteiger partial charge < -0.3 is 15.4 Å². The van der Waals surface area contributed by atoms with Crippen molar-refractivity contribution in [1.82, 2.24) is 0 Å². The van der Waals surface area contributed by atoms with Gasteiger partial charge >= 0.3 is 0 Å². The molecule has 29 heavy (non-hydrogen) atoms. The van der Waals surface area contributed by atoms with Crippen molar-refractivity contribution in [2.75, 3.05) is 17.2 Å². The molecule has 0 fully saturated rings. The van der Waals surface area contributed by atoms with Gasteiger partial charge in [-0.15, -0.1) is 0 Å². The summed E-state index contributed by atoms with van der Waals surface area (Å²) in [5, 5.41) is 6.28. The number of amides is 1. The van der Waals surface area contributed by atoms with Crippen LogP contribution in [-0.4, -0.2) is 12.5 Å². The zero-order chi connectivity index (χ0) is 20.8. The lowest BCUT2D eigenvalue weighted by molar-refractivity contribution is -0.118. The molecule has 0 aliphatic rings. The van der Waals surface area contributed by atoms with Gasteiger partial charge in [-0.1, -0.05) is 30.3 Å². The predicted octanol–water partition coefficient (Wildman–Crippen LogP) is 6.46. The Balaban J connectivity index is 1.61. The van der Waals surface area contributed by atoms with Crippen LogP contribution in [0.3, 0.4) is 0 Å². The van der Waals surface area contributed by atoms with Crippen molar-refractivity contribution in [3.05, 3.63) is 86.3 Å². The topological polar surface area (TPSA) is 50.4 Å². The fourth-order valence-corrected chi connectivity index (χ4v) is 4.36. The Morgan fingerprint density at radius 2 is 1.66 bits per heavy atom. The van der Waals surface area contributed by atoms with E-state index in [0.29, 0.717) is 12.3 Å². The summed E-state index contributed by atoms with van der Waals surface area (Å²) in [6.07, 6.45) is 0. The number of hydrogen-bond acceptors (Lipinski definition) is 3. The van der Waals surface area contributed by atoms with Crippen LogP contribution in [0.4, 0.5) is 11.4 Å². The van der Waals surface area contributed by atoms with Crippen LogP contribution < -0.4 is 15.4 Å². The summed E-state index contributed by atoms with van der Waals surface area (Å²) in [4.78, 5) is 12.1. The first-order valence-electron chi connectivity index (χ1n) is 9.19. The number of ether oxygens (including phenoxy) is 1. The van der Waals surface area contributed by atoms with Gasteiger partial charge in [0, 0.05) is 17.9 Å². The van der Waals surface area contributed by atoms with Gasteiger partial charge in [0.1, 0.15) is 5.75 Å². The van der Waals surface area contributed by atoms with E-state index < -0.39 is 0 Å². The molecule has 0 aromatic heterocycles. The Morgan fingerprint density at radius 1 is 0.966 bits per heavy atom. The molecule has 0 aliphatic carbocycles. The van der Waals surface area contributed by atoms with Crippen molar-refractivity contribution in [2.45, 2.75) is 20.4 Å². The summed E-state index contributed by atoms with van der Waals surface area (Å²) >= 11 is 7.11. The molecule has 0 aliphatic heterocycles. The highest BCUT2D eigenvalue weighted by atomic mass is 79.9. The van der Waals surface area contributed by atoms with Crippen LogP contribution >= 0.6 is 31.9 Å². The first-order valence-corrected chi connectivity index (χ1v) is 10.8. The van der Waals surface area contributed by atoms with Crippen molar-refractivity contribution >= 4 is 49.1 Å². The third-order valence-corrected chi connectivity index (χ3v) is 5.73. The molecule has 4 nitrogen and oxygen atoms in total. The molecule has 0 bridgehead atoms. The normalized spacial score (nSPS) is 10.5. The molecule has 0 heterocycles. The van der Waals surface area contributed by atoms with E-state index in [-0.39, 0.29) is 12.5 Å². The van der Waals surface area contributed by atoms with Gasteiger partial charge in [-0.25, -0.2) is 0 Å². The summed E-state index contributed by atoms with van der Waals surface area (Å²) in [5.74, 6) is 0.388. The fourth-order valence-electron chi connectivity index (χ4n) is 2.85. The van der Waals surface area contributed by atoms with Crippen LogP contribution in [0.2, 0.25) is 0 Å². The number of hydrogen-bond donors (Lipinski definition) is 2. The largest absolute Gasteiger partial charge is 0.481 e. The minimum Gasteiger partial charge on any atom is -0.481 e. The highest BCUT2D eigenvalue weighted by Crippen LogP contribution is 2.35. The van der Waals surface area contributed by atoms with E-state index in [0.717, 1.165) is 25.9 Å². The zero-order valence-corrected chi connectivity index (χ0v) is 19.4. The Bertz CT molecular complexity index is 984. The van der Waals surface area contributed by atoms with E-state index in [2.05, 4.69) is 68.5 Å². The maximum atomic E-state index is 12.1. The van der Waals surface area contributed by atoms with Crippen LogP contribution in [0.5, 0.6) is 5.75 Å².